The van der Waals surface area contributed by atoms with Crippen LogP contribution in [0.2, 0.25) is 0 Å². The van der Waals surface area contributed by atoms with E-state index < -0.39 is 16.8 Å². The topological polar surface area (TPSA) is 184 Å². The lowest BCUT2D eigenvalue weighted by Crippen LogP contribution is -2.49. The highest BCUT2D eigenvalue weighted by molar-refractivity contribution is 6.30. The van der Waals surface area contributed by atoms with Gasteiger partial charge < -0.3 is 19.5 Å². The van der Waals surface area contributed by atoms with Gasteiger partial charge in [0.25, 0.3) is 0 Å². The number of aromatic nitrogens is 2. The van der Waals surface area contributed by atoms with Gasteiger partial charge in [0, 0.05) is 94.9 Å². The van der Waals surface area contributed by atoms with Crippen LogP contribution in [0.15, 0.2) is 85.1 Å². The summed E-state index contributed by atoms with van der Waals surface area (Å²) in [4.78, 5) is 101. The summed E-state index contributed by atoms with van der Waals surface area (Å²) >= 11 is 0. The van der Waals surface area contributed by atoms with Crippen LogP contribution in [-0.4, -0.2) is 165 Å². The van der Waals surface area contributed by atoms with Gasteiger partial charge >= 0.3 is 17.9 Å². The fraction of sp³-hybridized carbons (Fsp3) is 0.491. The number of ketones is 2. The second-order valence-corrected chi connectivity index (χ2v) is 21.4. The summed E-state index contributed by atoms with van der Waals surface area (Å²) in [6, 6.07) is 23.0. The van der Waals surface area contributed by atoms with E-state index in [0.717, 1.165) is 11.4 Å². The van der Waals surface area contributed by atoms with Gasteiger partial charge in [-0.1, -0.05) is 48.5 Å². The molecule has 0 spiro atoms. The van der Waals surface area contributed by atoms with E-state index in [2.05, 4.69) is 15.2 Å². The van der Waals surface area contributed by atoms with Crippen molar-refractivity contribution in [1.29, 1.82) is 0 Å². The number of nitrogens with one attached hydrogen (secondary N) is 1. The van der Waals surface area contributed by atoms with Gasteiger partial charge in [-0.05, 0) is 92.6 Å². The summed E-state index contributed by atoms with van der Waals surface area (Å²) < 4.78 is 17.2. The minimum absolute atomic E-state index is 0.0450. The Morgan fingerprint density at radius 1 is 0.528 bits per heavy atom. The average molecular weight is 989 g/mol. The van der Waals surface area contributed by atoms with Crippen molar-refractivity contribution in [1.82, 2.24) is 34.5 Å². The van der Waals surface area contributed by atoms with Gasteiger partial charge in [-0.25, -0.2) is 0 Å². The van der Waals surface area contributed by atoms with Gasteiger partial charge in [0.1, 0.15) is 16.8 Å². The zero-order valence-corrected chi connectivity index (χ0v) is 43.5. The first kappa shape index (κ1) is 55.1. The summed E-state index contributed by atoms with van der Waals surface area (Å²) in [7, 11) is 0. The standard InChI is InChI=1S/C55H72N8O9/c1-53(2,3)70-47(65)36-60-26-24-59(25-27-61(37-48(66)71-54(4,5)6)29-31-62(30-28-60)38-49(67)72-55(7,8)9)33-40-17-14-18-41(57-40)34-63(32-39-16-12-13-23-56-39)35-46(64)58-45-22-15-21-44-50(45)52(69)43-20-11-10-19-42(43)51(44)68/h10-23H,24-38H2,1-9H3,(H,58,64). The van der Waals surface area contributed by atoms with Crippen molar-refractivity contribution in [2.24, 2.45) is 0 Å². The van der Waals surface area contributed by atoms with Gasteiger partial charge in [-0.3, -0.25) is 63.2 Å². The molecule has 1 saturated heterocycles. The monoisotopic (exact) mass is 989 g/mol. The summed E-state index contributed by atoms with van der Waals surface area (Å²) in [5, 5.41) is 2.93. The third kappa shape index (κ3) is 17.5. The molecule has 1 aliphatic carbocycles. The Morgan fingerprint density at radius 2 is 0.958 bits per heavy atom. The third-order valence-electron chi connectivity index (χ3n) is 11.6. The molecule has 386 valence electrons. The van der Waals surface area contributed by atoms with E-state index in [-0.39, 0.29) is 84.9 Å². The number of nitrogens with zero attached hydrogens (tertiary/aromatic N) is 7. The summed E-state index contributed by atoms with van der Waals surface area (Å²) in [6.45, 7) is 21.5. The van der Waals surface area contributed by atoms with Crippen molar-refractivity contribution in [2.75, 3.05) is 83.9 Å². The molecule has 0 radical (unpaired) electrons. The largest absolute Gasteiger partial charge is 0.459 e. The SMILES string of the molecule is CC(C)(C)OC(=O)CN1CCN(CC(=O)OC(C)(C)C)CCN(Cc2cccc(CN(CC(=O)Nc3cccc4c3C(=O)c3ccccc3C4=O)Cc3ccccn3)n2)CCN(CC(=O)OC(C)(C)C)CC1. The van der Waals surface area contributed by atoms with Gasteiger partial charge in [-0.2, -0.15) is 0 Å². The molecule has 1 amide bonds. The minimum Gasteiger partial charge on any atom is -0.459 e. The maximum absolute atomic E-state index is 14.0. The Morgan fingerprint density at radius 3 is 1.46 bits per heavy atom. The first-order chi connectivity index (χ1) is 34.0. The molecule has 1 aliphatic heterocycles. The predicted octanol–water partition coefficient (Wildman–Crippen LogP) is 5.64. The highest BCUT2D eigenvalue weighted by Crippen LogP contribution is 2.32. The fourth-order valence-electron chi connectivity index (χ4n) is 8.57. The first-order valence-electron chi connectivity index (χ1n) is 24.7. The molecule has 6 rings (SSSR count). The molecule has 0 atom stereocenters. The van der Waals surface area contributed by atoms with E-state index in [9.17, 15) is 28.8 Å². The van der Waals surface area contributed by atoms with E-state index in [4.69, 9.17) is 19.2 Å². The number of carbonyl (C=O) groups is 6. The number of benzene rings is 2. The third-order valence-corrected chi connectivity index (χ3v) is 11.6. The molecule has 0 unspecified atom stereocenters. The minimum atomic E-state index is -0.666. The Kier molecular flexibility index (Phi) is 18.7. The molecule has 3 heterocycles. The summed E-state index contributed by atoms with van der Waals surface area (Å²) in [6.07, 6.45) is 1.70. The summed E-state index contributed by atoms with van der Waals surface area (Å²) in [5.41, 5.74) is 1.56. The highest BCUT2D eigenvalue weighted by Gasteiger charge is 2.32. The number of carbonyl (C=O) groups excluding carboxylic acids is 6. The summed E-state index contributed by atoms with van der Waals surface area (Å²) in [5.74, 6) is -2.03. The maximum Gasteiger partial charge on any atom is 0.320 e. The normalized spacial score (nSPS) is 16.0. The molecule has 17 nitrogen and oxygen atoms in total. The van der Waals surface area contributed by atoms with Gasteiger partial charge in [0.05, 0.1) is 54.5 Å². The van der Waals surface area contributed by atoms with Crippen molar-refractivity contribution in [3.63, 3.8) is 0 Å². The molecule has 2 aromatic carbocycles. The van der Waals surface area contributed by atoms with Crippen LogP contribution in [0, 0.1) is 0 Å². The van der Waals surface area contributed by atoms with Crippen molar-refractivity contribution in [3.8, 4) is 0 Å². The van der Waals surface area contributed by atoms with E-state index in [1.165, 1.54) is 0 Å². The van der Waals surface area contributed by atoms with Crippen molar-refractivity contribution >= 4 is 41.1 Å². The van der Waals surface area contributed by atoms with Gasteiger partial charge in [0.2, 0.25) is 5.91 Å². The van der Waals surface area contributed by atoms with Crippen LogP contribution in [0.25, 0.3) is 0 Å². The van der Waals surface area contributed by atoms with Crippen molar-refractivity contribution in [2.45, 2.75) is 98.8 Å². The lowest BCUT2D eigenvalue weighted by atomic mass is 9.83. The van der Waals surface area contributed by atoms with Crippen LogP contribution in [0.5, 0.6) is 0 Å². The van der Waals surface area contributed by atoms with Crippen LogP contribution >= 0.6 is 0 Å². The molecule has 2 aromatic heterocycles. The lowest BCUT2D eigenvalue weighted by Gasteiger charge is -2.34. The Hall–Kier alpha value is -6.24. The van der Waals surface area contributed by atoms with Gasteiger partial charge in [-0.15, -0.1) is 0 Å². The van der Waals surface area contributed by atoms with E-state index in [1.807, 2.05) is 118 Å². The maximum atomic E-state index is 14.0. The Balaban J connectivity index is 1.21. The molecule has 1 fully saturated rings. The molecule has 2 aliphatic rings. The molecular formula is C55H72N8O9. The number of hydrogen-bond donors (Lipinski definition) is 1. The molecule has 72 heavy (non-hydrogen) atoms. The Bertz CT molecular complexity index is 2500. The number of ether oxygens (including phenoxy) is 3. The van der Waals surface area contributed by atoms with E-state index >= 15 is 0 Å². The second-order valence-electron chi connectivity index (χ2n) is 21.4. The number of fused-ring (bicyclic) bond motifs is 2. The van der Waals surface area contributed by atoms with E-state index in [1.54, 1.807) is 48.7 Å². The Labute approximate surface area is 424 Å². The quantitative estimate of drug-likeness (QED) is 0.100. The number of rotatable bonds is 15. The highest BCUT2D eigenvalue weighted by atomic mass is 16.6. The van der Waals surface area contributed by atoms with Crippen molar-refractivity contribution in [3.05, 3.63) is 124 Å². The molecular weight excluding hydrogens is 917 g/mol. The van der Waals surface area contributed by atoms with Crippen LogP contribution in [0.4, 0.5) is 5.69 Å². The second kappa shape index (κ2) is 24.5. The van der Waals surface area contributed by atoms with Crippen LogP contribution in [-0.2, 0) is 53.0 Å². The number of anilines is 1. The van der Waals surface area contributed by atoms with Gasteiger partial charge in [0.15, 0.2) is 11.6 Å². The first-order valence-corrected chi connectivity index (χ1v) is 24.7. The number of amides is 1. The average Bonchev–Trinajstić information content (AvgIpc) is 3.27. The number of pyridine rings is 2. The van der Waals surface area contributed by atoms with Crippen molar-refractivity contribution < 1.29 is 43.0 Å². The zero-order valence-electron chi connectivity index (χ0n) is 43.5. The molecule has 17 heteroatoms. The zero-order chi connectivity index (χ0) is 52.2. The van der Waals surface area contributed by atoms with Crippen LogP contribution < -0.4 is 5.32 Å². The smallest absolute Gasteiger partial charge is 0.320 e. The van der Waals surface area contributed by atoms with Crippen LogP contribution in [0.3, 0.4) is 0 Å². The van der Waals surface area contributed by atoms with Crippen LogP contribution in [0.1, 0.15) is 111 Å². The number of esters is 3. The number of hydrogen-bond acceptors (Lipinski definition) is 16. The fourth-order valence-corrected chi connectivity index (χ4v) is 8.57. The molecule has 0 bridgehead atoms. The molecule has 4 aromatic rings. The lowest BCUT2D eigenvalue weighted by molar-refractivity contribution is -0.158. The molecule has 1 N–H and O–H groups in total. The predicted molar refractivity (Wildman–Crippen MR) is 273 cm³/mol. The molecule has 0 saturated carbocycles. The van der Waals surface area contributed by atoms with E-state index in [0.29, 0.717) is 82.3 Å².